The highest BCUT2D eigenvalue weighted by Crippen LogP contribution is 2.31. The summed E-state index contributed by atoms with van der Waals surface area (Å²) in [5, 5.41) is 2.41. The van der Waals surface area contributed by atoms with Crippen LogP contribution >= 0.6 is 11.3 Å². The van der Waals surface area contributed by atoms with Crippen LogP contribution in [0.1, 0.15) is 18.9 Å². The second kappa shape index (κ2) is 5.50. The second-order valence-corrected chi connectivity index (χ2v) is 6.85. The molecule has 1 aliphatic rings. The monoisotopic (exact) mass is 331 g/mol. The molecule has 0 unspecified atom stereocenters. The number of piperidine rings is 1. The van der Waals surface area contributed by atoms with Crippen LogP contribution in [0.4, 0.5) is 0 Å². The fraction of sp³-hybridized carbons (Fsp3) is 0.375. The minimum absolute atomic E-state index is 0.0452. The summed E-state index contributed by atoms with van der Waals surface area (Å²) < 4.78 is 6.83. The number of fused-ring (bicyclic) bond motifs is 1. The molecule has 6 nitrogen and oxygen atoms in total. The lowest BCUT2D eigenvalue weighted by atomic mass is 10.1. The van der Waals surface area contributed by atoms with Gasteiger partial charge >= 0.3 is 5.69 Å². The number of hydrogen-bond donors (Lipinski definition) is 1. The van der Waals surface area contributed by atoms with E-state index in [1.807, 2.05) is 11.4 Å². The Morgan fingerprint density at radius 3 is 2.78 bits per heavy atom. The number of nitrogens with zero attached hydrogens (tertiary/aromatic N) is 2. The van der Waals surface area contributed by atoms with E-state index < -0.39 is 0 Å². The third-order valence-electron chi connectivity index (χ3n) is 4.50. The van der Waals surface area contributed by atoms with Crippen molar-refractivity contribution in [2.45, 2.75) is 18.9 Å². The van der Waals surface area contributed by atoms with Crippen molar-refractivity contribution in [1.82, 2.24) is 14.5 Å². The number of aromatic nitrogens is 2. The first-order valence-electron chi connectivity index (χ1n) is 7.63. The molecule has 7 heteroatoms. The zero-order valence-electron chi connectivity index (χ0n) is 12.7. The molecule has 0 saturated carbocycles. The van der Waals surface area contributed by atoms with Gasteiger partial charge in [0.15, 0.2) is 0 Å². The number of hydrogen-bond acceptors (Lipinski definition) is 5. The molecule has 120 valence electrons. The Morgan fingerprint density at radius 2 is 2.09 bits per heavy atom. The highest BCUT2D eigenvalue weighted by atomic mass is 32.1. The maximum absolute atomic E-state index is 13.0. The molecular weight excluding hydrogens is 314 g/mol. The van der Waals surface area contributed by atoms with E-state index in [2.05, 4.69) is 16.9 Å². The van der Waals surface area contributed by atoms with Gasteiger partial charge in [-0.2, -0.15) is 0 Å². The van der Waals surface area contributed by atoms with E-state index in [9.17, 15) is 9.59 Å². The molecule has 23 heavy (non-hydrogen) atoms. The van der Waals surface area contributed by atoms with Gasteiger partial charge in [-0.3, -0.25) is 14.3 Å². The zero-order chi connectivity index (χ0) is 16.0. The molecule has 0 radical (unpaired) electrons. The van der Waals surface area contributed by atoms with Crippen LogP contribution < -0.4 is 11.2 Å². The molecule has 1 fully saturated rings. The molecule has 4 rings (SSSR count). The van der Waals surface area contributed by atoms with Crippen LogP contribution in [0.3, 0.4) is 0 Å². The van der Waals surface area contributed by atoms with Crippen molar-refractivity contribution in [2.24, 2.45) is 0 Å². The number of likely N-dealkylation sites (tertiary alicyclic amines) is 1. The van der Waals surface area contributed by atoms with Gasteiger partial charge in [0, 0.05) is 17.0 Å². The standard InChI is InChI=1S/C16H17N3O3S/c1-18-6-4-10(5-7-18)19-15(20)13-11(12-3-2-8-22-12)9-23-14(13)17-16(19)21/h2-3,8-10H,4-7H2,1H3,(H,17,21). The Balaban J connectivity index is 1.90. The summed E-state index contributed by atoms with van der Waals surface area (Å²) in [4.78, 5) is 31.1. The van der Waals surface area contributed by atoms with Crippen molar-refractivity contribution in [2.75, 3.05) is 20.1 Å². The van der Waals surface area contributed by atoms with Gasteiger partial charge in [-0.25, -0.2) is 4.79 Å². The third kappa shape index (κ3) is 2.36. The predicted octanol–water partition coefficient (Wildman–Crippen LogP) is 2.28. The summed E-state index contributed by atoms with van der Waals surface area (Å²) in [5.74, 6) is 0.648. The molecule has 0 aromatic carbocycles. The minimum atomic E-state index is -0.315. The van der Waals surface area contributed by atoms with E-state index in [-0.39, 0.29) is 17.3 Å². The maximum Gasteiger partial charge on any atom is 0.329 e. The quantitative estimate of drug-likeness (QED) is 0.782. The van der Waals surface area contributed by atoms with Crippen LogP contribution in [-0.2, 0) is 0 Å². The van der Waals surface area contributed by atoms with Gasteiger partial charge in [-0.1, -0.05) is 0 Å². The van der Waals surface area contributed by atoms with Crippen LogP contribution in [0.15, 0.2) is 37.8 Å². The Labute approximate surface area is 136 Å². The maximum atomic E-state index is 13.0. The van der Waals surface area contributed by atoms with E-state index >= 15 is 0 Å². The summed E-state index contributed by atoms with van der Waals surface area (Å²) in [7, 11) is 2.06. The number of furan rings is 1. The Hall–Kier alpha value is -2.12. The molecule has 0 atom stereocenters. The average molecular weight is 331 g/mol. The molecular formula is C16H17N3O3S. The molecule has 1 N–H and O–H groups in total. The topological polar surface area (TPSA) is 71.2 Å². The van der Waals surface area contributed by atoms with Crippen molar-refractivity contribution in [3.8, 4) is 11.3 Å². The number of thiophene rings is 1. The summed E-state index contributed by atoms with van der Waals surface area (Å²) in [6.45, 7) is 1.78. The van der Waals surface area contributed by atoms with E-state index in [4.69, 9.17) is 4.42 Å². The first-order valence-corrected chi connectivity index (χ1v) is 8.51. The lowest BCUT2D eigenvalue weighted by Crippen LogP contribution is -2.42. The molecule has 0 aliphatic carbocycles. The zero-order valence-corrected chi connectivity index (χ0v) is 13.6. The smallest absolute Gasteiger partial charge is 0.329 e. The molecule has 0 bridgehead atoms. The highest BCUT2D eigenvalue weighted by molar-refractivity contribution is 7.17. The Morgan fingerprint density at radius 1 is 1.30 bits per heavy atom. The normalized spacial score (nSPS) is 17.1. The highest BCUT2D eigenvalue weighted by Gasteiger charge is 2.24. The van der Waals surface area contributed by atoms with Crippen molar-refractivity contribution in [1.29, 1.82) is 0 Å². The van der Waals surface area contributed by atoms with E-state index in [0.717, 1.165) is 31.5 Å². The number of H-pyrrole nitrogens is 1. The van der Waals surface area contributed by atoms with Crippen molar-refractivity contribution >= 4 is 21.6 Å². The van der Waals surface area contributed by atoms with Crippen LogP contribution in [0.25, 0.3) is 21.5 Å². The molecule has 4 heterocycles. The summed E-state index contributed by atoms with van der Waals surface area (Å²) in [5.41, 5.74) is 0.216. The van der Waals surface area contributed by atoms with Gasteiger partial charge in [0.2, 0.25) is 0 Å². The van der Waals surface area contributed by atoms with Crippen molar-refractivity contribution in [3.05, 3.63) is 44.6 Å². The van der Waals surface area contributed by atoms with E-state index in [1.165, 1.54) is 15.9 Å². The van der Waals surface area contributed by atoms with E-state index in [0.29, 0.717) is 16.0 Å². The fourth-order valence-corrected chi connectivity index (χ4v) is 4.16. The molecule has 3 aromatic heterocycles. The number of nitrogens with one attached hydrogen (secondary N) is 1. The van der Waals surface area contributed by atoms with Gasteiger partial charge in [0.1, 0.15) is 10.6 Å². The van der Waals surface area contributed by atoms with Gasteiger partial charge in [0.25, 0.3) is 5.56 Å². The molecule has 3 aromatic rings. The van der Waals surface area contributed by atoms with Gasteiger partial charge in [0.05, 0.1) is 11.6 Å². The SMILES string of the molecule is CN1CCC(n2c(=O)[nH]c3scc(-c4ccco4)c3c2=O)CC1. The predicted molar refractivity (Wildman–Crippen MR) is 90.2 cm³/mol. The summed E-state index contributed by atoms with van der Waals surface area (Å²) in [6.07, 6.45) is 3.20. The first kappa shape index (κ1) is 14.5. The molecule has 0 spiro atoms. The van der Waals surface area contributed by atoms with Gasteiger partial charge in [-0.05, 0) is 45.1 Å². The van der Waals surface area contributed by atoms with Crippen molar-refractivity contribution < 1.29 is 4.42 Å². The Kier molecular flexibility index (Phi) is 3.46. The summed E-state index contributed by atoms with van der Waals surface area (Å²) >= 11 is 1.36. The lowest BCUT2D eigenvalue weighted by Gasteiger charge is -2.29. The number of aromatic amines is 1. The Bertz CT molecular complexity index is 943. The average Bonchev–Trinajstić information content (AvgIpc) is 3.17. The molecule has 1 saturated heterocycles. The largest absolute Gasteiger partial charge is 0.464 e. The van der Waals surface area contributed by atoms with Crippen molar-refractivity contribution in [3.63, 3.8) is 0 Å². The van der Waals surface area contributed by atoms with Gasteiger partial charge in [-0.15, -0.1) is 11.3 Å². The first-order chi connectivity index (χ1) is 11.1. The third-order valence-corrected chi connectivity index (χ3v) is 5.40. The number of rotatable bonds is 2. The minimum Gasteiger partial charge on any atom is -0.464 e. The van der Waals surface area contributed by atoms with Crippen LogP contribution in [0.5, 0.6) is 0 Å². The molecule has 0 amide bonds. The molecule has 1 aliphatic heterocycles. The van der Waals surface area contributed by atoms with Crippen LogP contribution in [0.2, 0.25) is 0 Å². The summed E-state index contributed by atoms with van der Waals surface area (Å²) in [6, 6.07) is 3.57. The lowest BCUT2D eigenvalue weighted by molar-refractivity contribution is 0.216. The van der Waals surface area contributed by atoms with E-state index in [1.54, 1.807) is 12.3 Å². The van der Waals surface area contributed by atoms with Gasteiger partial charge < -0.3 is 9.32 Å². The second-order valence-electron chi connectivity index (χ2n) is 5.97. The van der Waals surface area contributed by atoms with Crippen LogP contribution in [0, 0.1) is 0 Å². The van der Waals surface area contributed by atoms with Crippen LogP contribution in [-0.4, -0.2) is 34.6 Å². The fourth-order valence-electron chi connectivity index (χ4n) is 3.23.